The Labute approximate surface area is 149 Å². The van der Waals surface area contributed by atoms with Crippen LogP contribution in [0, 0.1) is 0 Å². The molecule has 0 aliphatic heterocycles. The number of carbonyl (C=O) groups is 1. The quantitative estimate of drug-likeness (QED) is 0.784. The molecule has 8 heteroatoms. The van der Waals surface area contributed by atoms with Gasteiger partial charge in [0.05, 0.1) is 23.2 Å². The smallest absolute Gasteiger partial charge is 0.274 e. The van der Waals surface area contributed by atoms with E-state index in [1.807, 2.05) is 0 Å². The molecule has 0 unspecified atom stereocenters. The van der Waals surface area contributed by atoms with Gasteiger partial charge in [-0.25, -0.2) is 4.68 Å². The fourth-order valence-corrected chi connectivity index (χ4v) is 2.47. The molecule has 2 aromatic rings. The number of hydrogen-bond donors (Lipinski definition) is 0. The van der Waals surface area contributed by atoms with Crippen molar-refractivity contribution >= 4 is 29.1 Å². The van der Waals surface area contributed by atoms with Crippen LogP contribution in [-0.2, 0) is 17.8 Å². The Balaban J connectivity index is 2.18. The Kier molecular flexibility index (Phi) is 6.36. The van der Waals surface area contributed by atoms with Gasteiger partial charge in [0.25, 0.3) is 11.5 Å². The molecule has 24 heavy (non-hydrogen) atoms. The van der Waals surface area contributed by atoms with Crippen LogP contribution in [0.5, 0.6) is 0 Å². The molecule has 0 saturated heterocycles. The first kappa shape index (κ1) is 18.4. The first-order chi connectivity index (χ1) is 11.4. The summed E-state index contributed by atoms with van der Waals surface area (Å²) in [4.78, 5) is 25.7. The van der Waals surface area contributed by atoms with Crippen LogP contribution in [0.4, 0.5) is 0 Å². The molecule has 1 heterocycles. The topological polar surface area (TPSA) is 64.4 Å². The molecule has 6 nitrogen and oxygen atoms in total. The zero-order chi connectivity index (χ0) is 17.7. The van der Waals surface area contributed by atoms with Gasteiger partial charge in [-0.15, -0.1) is 0 Å². The van der Waals surface area contributed by atoms with Crippen LogP contribution in [0.2, 0.25) is 10.0 Å². The van der Waals surface area contributed by atoms with Crippen molar-refractivity contribution < 1.29 is 9.53 Å². The molecule has 0 aliphatic carbocycles. The molecule has 1 aromatic carbocycles. The molecule has 1 aromatic heterocycles. The number of rotatable bonds is 6. The fourth-order valence-electron chi connectivity index (χ4n) is 2.09. The molecule has 0 aliphatic rings. The zero-order valence-corrected chi connectivity index (χ0v) is 14.8. The highest BCUT2D eigenvalue weighted by Crippen LogP contribution is 2.26. The van der Waals surface area contributed by atoms with Gasteiger partial charge >= 0.3 is 0 Å². The number of nitrogens with zero attached hydrogens (tertiary/aromatic N) is 3. The number of carbonyl (C=O) groups excluding carboxylic acids is 1. The first-order valence-corrected chi connectivity index (χ1v) is 7.95. The molecule has 2 rings (SSSR count). The summed E-state index contributed by atoms with van der Waals surface area (Å²) in [6.45, 7) is 0.885. The van der Waals surface area contributed by atoms with Crippen molar-refractivity contribution in [3.63, 3.8) is 0 Å². The van der Waals surface area contributed by atoms with E-state index in [2.05, 4.69) is 5.10 Å². The third kappa shape index (κ3) is 4.35. The fraction of sp³-hybridized carbons (Fsp3) is 0.312. The Bertz CT molecular complexity index is 792. The summed E-state index contributed by atoms with van der Waals surface area (Å²) in [7, 11) is 3.16. The summed E-state index contributed by atoms with van der Waals surface area (Å²) in [5, 5.41) is 4.93. The summed E-state index contributed by atoms with van der Waals surface area (Å²) in [6, 6.07) is 7.97. The molecular weight excluding hydrogens is 353 g/mol. The highest BCUT2D eigenvalue weighted by molar-refractivity contribution is 6.42. The van der Waals surface area contributed by atoms with Crippen LogP contribution < -0.4 is 5.56 Å². The van der Waals surface area contributed by atoms with Crippen LogP contribution in [-0.4, -0.2) is 41.4 Å². The lowest BCUT2D eigenvalue weighted by Crippen LogP contribution is -2.31. The average molecular weight is 370 g/mol. The lowest BCUT2D eigenvalue weighted by molar-refractivity contribution is 0.0775. The van der Waals surface area contributed by atoms with Crippen LogP contribution in [0.3, 0.4) is 0 Å². The van der Waals surface area contributed by atoms with Crippen molar-refractivity contribution in [3.05, 3.63) is 62.0 Å². The van der Waals surface area contributed by atoms with Gasteiger partial charge in [-0.3, -0.25) is 9.59 Å². The minimum Gasteiger partial charge on any atom is -0.383 e. The molecular formula is C16H17Cl2N3O3. The van der Waals surface area contributed by atoms with Crippen molar-refractivity contribution in [3.8, 4) is 0 Å². The first-order valence-electron chi connectivity index (χ1n) is 7.19. The van der Waals surface area contributed by atoms with Crippen molar-refractivity contribution in [1.82, 2.24) is 14.7 Å². The van der Waals surface area contributed by atoms with Crippen LogP contribution in [0.25, 0.3) is 0 Å². The van der Waals surface area contributed by atoms with Gasteiger partial charge in [-0.2, -0.15) is 5.10 Å². The molecule has 0 fully saturated rings. The van der Waals surface area contributed by atoms with Crippen molar-refractivity contribution in [2.75, 3.05) is 20.8 Å². The summed E-state index contributed by atoms with van der Waals surface area (Å²) < 4.78 is 6.14. The largest absolute Gasteiger partial charge is 0.383 e. The molecule has 0 bridgehead atoms. The van der Waals surface area contributed by atoms with Gasteiger partial charge < -0.3 is 9.64 Å². The lowest BCUT2D eigenvalue weighted by atomic mass is 10.2. The minimum atomic E-state index is -0.322. The number of amides is 1. The van der Waals surface area contributed by atoms with Crippen molar-refractivity contribution in [2.45, 2.75) is 13.1 Å². The van der Waals surface area contributed by atoms with E-state index in [4.69, 9.17) is 27.9 Å². The summed E-state index contributed by atoms with van der Waals surface area (Å²) >= 11 is 12.1. The van der Waals surface area contributed by atoms with Gasteiger partial charge in [0.15, 0.2) is 0 Å². The van der Waals surface area contributed by atoms with Crippen molar-refractivity contribution in [2.24, 2.45) is 0 Å². The van der Waals surface area contributed by atoms with Crippen LogP contribution >= 0.6 is 23.2 Å². The number of ether oxygens (including phenoxy) is 1. The van der Waals surface area contributed by atoms with Gasteiger partial charge in [-0.1, -0.05) is 35.3 Å². The van der Waals surface area contributed by atoms with E-state index in [-0.39, 0.29) is 30.2 Å². The van der Waals surface area contributed by atoms with Gasteiger partial charge in [0, 0.05) is 26.8 Å². The third-order valence-corrected chi connectivity index (χ3v) is 4.24. The van der Waals surface area contributed by atoms with Crippen LogP contribution in [0.15, 0.2) is 35.1 Å². The SMILES string of the molecule is COCCn1nc(C(=O)N(C)Cc2cccc(Cl)c2Cl)ccc1=O. The molecule has 0 N–H and O–H groups in total. The normalized spacial score (nSPS) is 10.7. The summed E-state index contributed by atoms with van der Waals surface area (Å²) in [5.74, 6) is -0.322. The van der Waals surface area contributed by atoms with Gasteiger partial charge in [0.2, 0.25) is 0 Å². The Morgan fingerprint density at radius 3 is 2.75 bits per heavy atom. The Morgan fingerprint density at radius 2 is 2.04 bits per heavy atom. The number of methoxy groups -OCH3 is 1. The Hall–Kier alpha value is -1.89. The third-order valence-electron chi connectivity index (χ3n) is 3.38. The van der Waals surface area contributed by atoms with E-state index < -0.39 is 0 Å². The Morgan fingerprint density at radius 1 is 1.29 bits per heavy atom. The molecule has 0 radical (unpaired) electrons. The molecule has 0 atom stereocenters. The van der Waals surface area contributed by atoms with E-state index in [0.29, 0.717) is 16.7 Å². The maximum Gasteiger partial charge on any atom is 0.274 e. The van der Waals surface area contributed by atoms with Gasteiger partial charge in [0.1, 0.15) is 5.69 Å². The van der Waals surface area contributed by atoms with E-state index in [1.54, 1.807) is 25.2 Å². The second kappa shape index (κ2) is 8.28. The second-order valence-electron chi connectivity index (χ2n) is 5.15. The minimum absolute atomic E-state index is 0.173. The standard InChI is InChI=1S/C16H17Cl2N3O3/c1-20(10-11-4-3-5-12(17)15(11)18)16(23)13-6-7-14(22)21(19-13)8-9-24-2/h3-7H,8-10H2,1-2H3. The number of benzene rings is 1. The number of halogens is 2. The molecule has 1 amide bonds. The number of hydrogen-bond acceptors (Lipinski definition) is 4. The summed E-state index contributed by atoms with van der Waals surface area (Å²) in [5.41, 5.74) is 0.614. The lowest BCUT2D eigenvalue weighted by Gasteiger charge is -2.18. The van der Waals surface area contributed by atoms with E-state index in [0.717, 1.165) is 5.56 Å². The predicted octanol–water partition coefficient (Wildman–Crippen LogP) is 2.47. The van der Waals surface area contributed by atoms with E-state index in [1.165, 1.54) is 28.8 Å². The van der Waals surface area contributed by atoms with Crippen molar-refractivity contribution in [1.29, 1.82) is 0 Å². The zero-order valence-electron chi connectivity index (χ0n) is 13.3. The maximum atomic E-state index is 12.5. The highest BCUT2D eigenvalue weighted by Gasteiger charge is 2.16. The van der Waals surface area contributed by atoms with E-state index >= 15 is 0 Å². The summed E-state index contributed by atoms with van der Waals surface area (Å²) in [6.07, 6.45) is 0. The molecule has 0 saturated carbocycles. The monoisotopic (exact) mass is 369 g/mol. The predicted molar refractivity (Wildman–Crippen MR) is 92.6 cm³/mol. The molecule has 0 spiro atoms. The number of aromatic nitrogens is 2. The van der Waals surface area contributed by atoms with E-state index in [9.17, 15) is 9.59 Å². The van der Waals surface area contributed by atoms with Gasteiger partial charge in [-0.05, 0) is 17.7 Å². The molecule has 128 valence electrons. The second-order valence-corrected chi connectivity index (χ2v) is 5.93. The maximum absolute atomic E-state index is 12.5. The van der Waals surface area contributed by atoms with Crippen LogP contribution in [0.1, 0.15) is 16.1 Å². The highest BCUT2D eigenvalue weighted by atomic mass is 35.5. The average Bonchev–Trinajstić information content (AvgIpc) is 2.57.